The molecule has 1 saturated heterocycles. The first-order chi connectivity index (χ1) is 13.0. The number of likely N-dealkylation sites (N-methyl/N-ethyl adjacent to an activating group) is 1. The van der Waals surface area contributed by atoms with Gasteiger partial charge in [0.05, 0.1) is 12.0 Å². The number of hydrogen-bond acceptors (Lipinski definition) is 5. The van der Waals surface area contributed by atoms with Gasteiger partial charge in [0.2, 0.25) is 0 Å². The second-order valence-corrected chi connectivity index (χ2v) is 7.10. The van der Waals surface area contributed by atoms with Gasteiger partial charge in [-0.3, -0.25) is 14.5 Å². The quantitative estimate of drug-likeness (QED) is 0.680. The van der Waals surface area contributed by atoms with Crippen molar-refractivity contribution < 1.29 is 19.1 Å². The maximum atomic E-state index is 12.2. The zero-order chi connectivity index (χ0) is 19.4. The second kappa shape index (κ2) is 8.31. The lowest BCUT2D eigenvalue weighted by Gasteiger charge is -2.12. The Morgan fingerprint density at radius 2 is 1.81 bits per heavy atom. The number of carbonyl (C=O) groups is 2. The highest BCUT2D eigenvalue weighted by atomic mass is 32.2. The standard InChI is InChI=1S/C21H21NO4S/c1-4-22-20(23)19(27-21(22)24)12-16-9-10-17(18(11-16)25-3)26-13-15-7-5-14(2)6-8-15/h5-12H,4,13H2,1-3H3. The predicted octanol–water partition coefficient (Wildman–Crippen LogP) is 4.64. The first-order valence-electron chi connectivity index (χ1n) is 8.63. The Hall–Kier alpha value is -2.73. The Kier molecular flexibility index (Phi) is 5.86. The average Bonchev–Trinajstić information content (AvgIpc) is 2.94. The van der Waals surface area contributed by atoms with E-state index >= 15 is 0 Å². The van der Waals surface area contributed by atoms with Gasteiger partial charge in [-0.2, -0.15) is 0 Å². The number of aryl methyl sites for hydroxylation is 1. The third-order valence-electron chi connectivity index (χ3n) is 4.19. The van der Waals surface area contributed by atoms with Gasteiger partial charge in [-0.25, -0.2) is 0 Å². The molecule has 0 aromatic heterocycles. The van der Waals surface area contributed by atoms with E-state index < -0.39 is 0 Å². The molecule has 1 aliphatic heterocycles. The van der Waals surface area contributed by atoms with Crippen LogP contribution in [0.15, 0.2) is 47.4 Å². The monoisotopic (exact) mass is 383 g/mol. The maximum absolute atomic E-state index is 12.2. The normalized spacial score (nSPS) is 15.5. The van der Waals surface area contributed by atoms with Crippen molar-refractivity contribution in [3.05, 3.63) is 64.1 Å². The number of amides is 2. The lowest BCUT2D eigenvalue weighted by atomic mass is 10.1. The van der Waals surface area contributed by atoms with E-state index in [-0.39, 0.29) is 11.1 Å². The highest BCUT2D eigenvalue weighted by Crippen LogP contribution is 2.34. The fraction of sp³-hybridized carbons (Fsp3) is 0.238. The molecule has 0 unspecified atom stereocenters. The molecule has 1 aliphatic rings. The summed E-state index contributed by atoms with van der Waals surface area (Å²) in [5.74, 6) is 0.939. The molecule has 1 fully saturated rings. The minimum atomic E-state index is -0.258. The molecule has 140 valence electrons. The van der Waals surface area contributed by atoms with Crippen LogP contribution >= 0.6 is 11.8 Å². The summed E-state index contributed by atoms with van der Waals surface area (Å²) >= 11 is 0.954. The Balaban J connectivity index is 1.76. The minimum absolute atomic E-state index is 0.237. The van der Waals surface area contributed by atoms with E-state index in [4.69, 9.17) is 9.47 Å². The van der Waals surface area contributed by atoms with Crippen molar-refractivity contribution in [1.29, 1.82) is 0 Å². The van der Waals surface area contributed by atoms with Gasteiger partial charge in [0.1, 0.15) is 6.61 Å². The van der Waals surface area contributed by atoms with Gasteiger partial charge < -0.3 is 9.47 Å². The van der Waals surface area contributed by atoms with Crippen LogP contribution in [0.2, 0.25) is 0 Å². The summed E-state index contributed by atoms with van der Waals surface area (Å²) in [7, 11) is 1.57. The number of ether oxygens (including phenoxy) is 2. The fourth-order valence-electron chi connectivity index (χ4n) is 2.66. The predicted molar refractivity (Wildman–Crippen MR) is 107 cm³/mol. The van der Waals surface area contributed by atoms with Gasteiger partial charge >= 0.3 is 0 Å². The van der Waals surface area contributed by atoms with E-state index in [9.17, 15) is 9.59 Å². The minimum Gasteiger partial charge on any atom is -0.493 e. The van der Waals surface area contributed by atoms with Crippen molar-refractivity contribution in [2.75, 3.05) is 13.7 Å². The molecule has 0 N–H and O–H groups in total. The number of hydrogen-bond donors (Lipinski definition) is 0. The van der Waals surface area contributed by atoms with Crippen molar-refractivity contribution in [2.45, 2.75) is 20.5 Å². The summed E-state index contributed by atoms with van der Waals surface area (Å²) in [6, 6.07) is 13.6. The van der Waals surface area contributed by atoms with Crippen LogP contribution in [0.3, 0.4) is 0 Å². The lowest BCUT2D eigenvalue weighted by Crippen LogP contribution is -2.27. The Bertz CT molecular complexity index is 890. The van der Waals surface area contributed by atoms with Crippen molar-refractivity contribution in [1.82, 2.24) is 4.90 Å². The van der Waals surface area contributed by atoms with Crippen LogP contribution in [0.25, 0.3) is 6.08 Å². The van der Waals surface area contributed by atoms with E-state index in [0.717, 1.165) is 22.9 Å². The molecule has 2 aromatic rings. The topological polar surface area (TPSA) is 55.8 Å². The SMILES string of the molecule is CCN1C(=O)SC(=Cc2ccc(OCc3ccc(C)cc3)c(OC)c2)C1=O. The van der Waals surface area contributed by atoms with Crippen LogP contribution in [0, 0.1) is 6.92 Å². The van der Waals surface area contributed by atoms with Crippen molar-refractivity contribution in [3.63, 3.8) is 0 Å². The first kappa shape index (κ1) is 19.0. The molecule has 3 rings (SSSR count). The Morgan fingerprint density at radius 1 is 1.07 bits per heavy atom. The van der Waals surface area contributed by atoms with E-state index in [2.05, 4.69) is 0 Å². The number of thioether (sulfide) groups is 1. The number of benzene rings is 2. The maximum Gasteiger partial charge on any atom is 0.293 e. The number of carbonyl (C=O) groups excluding carboxylic acids is 2. The van der Waals surface area contributed by atoms with Crippen LogP contribution in [0.1, 0.15) is 23.6 Å². The van der Waals surface area contributed by atoms with Gasteiger partial charge in [0.25, 0.3) is 11.1 Å². The summed E-state index contributed by atoms with van der Waals surface area (Å²) in [6.07, 6.45) is 1.70. The van der Waals surface area contributed by atoms with Crippen LogP contribution in [-0.4, -0.2) is 29.7 Å². The summed E-state index contributed by atoms with van der Waals surface area (Å²) in [5, 5.41) is -0.237. The molecular formula is C21H21NO4S. The number of rotatable bonds is 6. The summed E-state index contributed by atoms with van der Waals surface area (Å²) in [5.41, 5.74) is 3.05. The molecule has 2 aromatic carbocycles. The van der Waals surface area contributed by atoms with Gasteiger partial charge in [-0.05, 0) is 54.9 Å². The molecule has 1 heterocycles. The van der Waals surface area contributed by atoms with Crippen molar-refractivity contribution in [3.8, 4) is 11.5 Å². The summed E-state index contributed by atoms with van der Waals surface area (Å²) in [6.45, 7) is 4.63. The van der Waals surface area contributed by atoms with E-state index in [1.54, 1.807) is 26.2 Å². The van der Waals surface area contributed by atoms with Gasteiger partial charge in [0.15, 0.2) is 11.5 Å². The van der Waals surface area contributed by atoms with Crippen LogP contribution in [0.4, 0.5) is 4.79 Å². The first-order valence-corrected chi connectivity index (χ1v) is 9.45. The molecule has 2 amide bonds. The highest BCUT2D eigenvalue weighted by molar-refractivity contribution is 8.18. The number of nitrogens with zero attached hydrogens (tertiary/aromatic N) is 1. The molecule has 5 nitrogen and oxygen atoms in total. The lowest BCUT2D eigenvalue weighted by molar-refractivity contribution is -0.122. The molecule has 0 atom stereocenters. The molecule has 27 heavy (non-hydrogen) atoms. The van der Waals surface area contributed by atoms with E-state index in [1.165, 1.54) is 10.5 Å². The van der Waals surface area contributed by atoms with E-state index in [1.807, 2.05) is 43.3 Å². The number of imide groups is 1. The zero-order valence-corrected chi connectivity index (χ0v) is 16.3. The third-order valence-corrected chi connectivity index (χ3v) is 5.10. The Morgan fingerprint density at radius 3 is 2.44 bits per heavy atom. The second-order valence-electron chi connectivity index (χ2n) is 6.11. The Labute approximate surface area is 163 Å². The van der Waals surface area contributed by atoms with Gasteiger partial charge in [-0.1, -0.05) is 35.9 Å². The summed E-state index contributed by atoms with van der Waals surface area (Å²) < 4.78 is 11.3. The molecule has 0 spiro atoms. The van der Waals surface area contributed by atoms with Crippen molar-refractivity contribution >= 4 is 29.0 Å². The smallest absolute Gasteiger partial charge is 0.293 e. The van der Waals surface area contributed by atoms with Gasteiger partial charge in [-0.15, -0.1) is 0 Å². The van der Waals surface area contributed by atoms with E-state index in [0.29, 0.717) is 29.6 Å². The average molecular weight is 383 g/mol. The molecule has 0 saturated carbocycles. The highest BCUT2D eigenvalue weighted by Gasteiger charge is 2.33. The molecule has 0 aliphatic carbocycles. The van der Waals surface area contributed by atoms with Crippen LogP contribution < -0.4 is 9.47 Å². The molecule has 0 bridgehead atoms. The summed E-state index contributed by atoms with van der Waals surface area (Å²) in [4.78, 5) is 25.7. The molecule has 6 heteroatoms. The van der Waals surface area contributed by atoms with Crippen LogP contribution in [0.5, 0.6) is 11.5 Å². The molecule has 0 radical (unpaired) electrons. The number of methoxy groups -OCH3 is 1. The molecular weight excluding hydrogens is 362 g/mol. The third kappa shape index (κ3) is 4.34. The van der Waals surface area contributed by atoms with Gasteiger partial charge in [0, 0.05) is 6.54 Å². The fourth-order valence-corrected chi connectivity index (χ4v) is 3.57. The zero-order valence-electron chi connectivity index (χ0n) is 15.5. The van der Waals surface area contributed by atoms with Crippen LogP contribution in [-0.2, 0) is 11.4 Å². The van der Waals surface area contributed by atoms with Crippen molar-refractivity contribution in [2.24, 2.45) is 0 Å². The largest absolute Gasteiger partial charge is 0.493 e.